The Labute approximate surface area is 80.2 Å². The molecule has 72 valence electrons. The van der Waals surface area contributed by atoms with Gasteiger partial charge >= 0.3 is 11.9 Å². The van der Waals surface area contributed by atoms with E-state index in [-0.39, 0.29) is 5.57 Å². The van der Waals surface area contributed by atoms with Crippen molar-refractivity contribution in [2.24, 2.45) is 0 Å². The molecule has 0 unspecified atom stereocenters. The van der Waals surface area contributed by atoms with E-state index in [0.29, 0.717) is 6.42 Å². The average Bonchev–Trinajstić information content (AvgIpc) is 2.85. The summed E-state index contributed by atoms with van der Waals surface area (Å²) in [6.45, 7) is 3.30. The molecule has 0 aromatic rings. The van der Waals surface area contributed by atoms with E-state index < -0.39 is 17.7 Å². The molecule has 1 saturated heterocycles. The number of allylic oxidation sites excluding steroid dienone is 1. The van der Waals surface area contributed by atoms with Crippen molar-refractivity contribution in [3.63, 3.8) is 0 Å². The fourth-order valence-electron chi connectivity index (χ4n) is 2.03. The molecule has 1 spiro atoms. The molecule has 0 radical (unpaired) electrons. The lowest BCUT2D eigenvalue weighted by atomic mass is 10.1. The Morgan fingerprint density at radius 2 is 1.86 bits per heavy atom. The standard InChI is InChI=1S/C10H8O4/c1-5-8(11)13-10(14-9(5)12)3-2-6-4-7(6)10/h1-4H2. The van der Waals surface area contributed by atoms with Gasteiger partial charge in [-0.05, 0) is 12.8 Å². The van der Waals surface area contributed by atoms with Gasteiger partial charge in [-0.25, -0.2) is 9.59 Å². The Bertz CT molecular complexity index is 396. The highest BCUT2D eigenvalue weighted by molar-refractivity contribution is 6.15. The van der Waals surface area contributed by atoms with Gasteiger partial charge in [0.05, 0.1) is 0 Å². The Balaban J connectivity index is 1.97. The zero-order chi connectivity index (χ0) is 9.92. The van der Waals surface area contributed by atoms with Crippen molar-refractivity contribution >= 4 is 11.9 Å². The number of fused-ring (bicyclic) bond motifs is 1. The van der Waals surface area contributed by atoms with Crippen LogP contribution in [-0.4, -0.2) is 17.7 Å². The maximum Gasteiger partial charge on any atom is 0.348 e. The highest BCUT2D eigenvalue weighted by Crippen LogP contribution is 2.55. The van der Waals surface area contributed by atoms with Crippen LogP contribution in [0.25, 0.3) is 0 Å². The molecular formula is C10H8O4. The first-order chi connectivity index (χ1) is 6.62. The summed E-state index contributed by atoms with van der Waals surface area (Å²) < 4.78 is 10.3. The number of esters is 2. The molecule has 0 saturated carbocycles. The fraction of sp³-hybridized carbons (Fsp3) is 0.400. The molecule has 3 rings (SSSR count). The minimum Gasteiger partial charge on any atom is -0.414 e. The number of hydrogen-bond acceptors (Lipinski definition) is 4. The minimum atomic E-state index is -1.05. The summed E-state index contributed by atoms with van der Waals surface area (Å²) in [5.74, 6) is -2.35. The van der Waals surface area contributed by atoms with Crippen molar-refractivity contribution in [2.45, 2.75) is 25.0 Å². The molecular weight excluding hydrogens is 184 g/mol. The summed E-state index contributed by atoms with van der Waals surface area (Å²) >= 11 is 0. The van der Waals surface area contributed by atoms with Crippen molar-refractivity contribution in [1.82, 2.24) is 0 Å². The second kappa shape index (κ2) is 2.08. The highest BCUT2D eigenvalue weighted by Gasteiger charge is 2.57. The van der Waals surface area contributed by atoms with Crippen LogP contribution in [0.3, 0.4) is 0 Å². The first kappa shape index (κ1) is 7.79. The molecule has 3 aliphatic rings. The van der Waals surface area contributed by atoms with Crippen molar-refractivity contribution in [2.75, 3.05) is 0 Å². The van der Waals surface area contributed by atoms with Gasteiger partial charge in [0.2, 0.25) is 0 Å². The van der Waals surface area contributed by atoms with Crippen molar-refractivity contribution < 1.29 is 19.1 Å². The molecule has 1 fully saturated rings. The normalized spacial score (nSPS) is 27.6. The summed E-state index contributed by atoms with van der Waals surface area (Å²) in [5, 5.41) is 0. The quantitative estimate of drug-likeness (QED) is 0.247. The molecule has 0 aromatic carbocycles. The second-order valence-corrected chi connectivity index (χ2v) is 3.77. The van der Waals surface area contributed by atoms with Gasteiger partial charge in [0.15, 0.2) is 0 Å². The molecule has 0 atom stereocenters. The molecule has 4 nitrogen and oxygen atoms in total. The molecule has 0 bridgehead atoms. The van der Waals surface area contributed by atoms with Crippen LogP contribution in [0.15, 0.2) is 23.3 Å². The van der Waals surface area contributed by atoms with Crippen LogP contribution in [0.1, 0.15) is 19.3 Å². The molecule has 0 N–H and O–H groups in total. The zero-order valence-electron chi connectivity index (χ0n) is 7.46. The third-order valence-corrected chi connectivity index (χ3v) is 2.92. The topological polar surface area (TPSA) is 52.6 Å². The minimum absolute atomic E-state index is 0.217. The smallest absolute Gasteiger partial charge is 0.348 e. The summed E-state index contributed by atoms with van der Waals surface area (Å²) in [4.78, 5) is 22.6. The summed E-state index contributed by atoms with van der Waals surface area (Å²) in [6.07, 6.45) is 2.28. The van der Waals surface area contributed by atoms with Gasteiger partial charge in [-0.15, -0.1) is 0 Å². The molecule has 14 heavy (non-hydrogen) atoms. The molecule has 1 heterocycles. The maximum absolute atomic E-state index is 11.3. The Morgan fingerprint density at radius 1 is 1.21 bits per heavy atom. The summed E-state index contributed by atoms with van der Waals surface area (Å²) in [5.41, 5.74) is 2.02. The number of carbonyl (C=O) groups excluding carboxylic acids is 2. The monoisotopic (exact) mass is 192 g/mol. The first-order valence-corrected chi connectivity index (χ1v) is 4.49. The van der Waals surface area contributed by atoms with Crippen molar-refractivity contribution in [1.29, 1.82) is 0 Å². The predicted molar refractivity (Wildman–Crippen MR) is 44.9 cm³/mol. The van der Waals surface area contributed by atoms with Crippen LogP contribution < -0.4 is 0 Å². The first-order valence-electron chi connectivity index (χ1n) is 4.49. The number of rotatable bonds is 0. The van der Waals surface area contributed by atoms with E-state index in [1.807, 2.05) is 0 Å². The van der Waals surface area contributed by atoms with Crippen molar-refractivity contribution in [3.05, 3.63) is 23.3 Å². The van der Waals surface area contributed by atoms with E-state index in [1.54, 1.807) is 0 Å². The number of ether oxygens (including phenoxy) is 2. The Kier molecular flexibility index (Phi) is 1.16. The van der Waals surface area contributed by atoms with Crippen LogP contribution in [0.4, 0.5) is 0 Å². The lowest BCUT2D eigenvalue weighted by molar-refractivity contribution is -0.221. The van der Waals surface area contributed by atoms with Gasteiger partial charge in [-0.1, -0.05) is 12.2 Å². The van der Waals surface area contributed by atoms with Crippen LogP contribution in [0.5, 0.6) is 0 Å². The summed E-state index contributed by atoms with van der Waals surface area (Å²) in [7, 11) is 0. The molecule has 0 amide bonds. The average molecular weight is 192 g/mol. The van der Waals surface area contributed by atoms with Crippen molar-refractivity contribution in [3.8, 4) is 0 Å². The van der Waals surface area contributed by atoms with E-state index in [1.165, 1.54) is 5.57 Å². The van der Waals surface area contributed by atoms with Gasteiger partial charge in [0.1, 0.15) is 5.57 Å². The summed E-state index contributed by atoms with van der Waals surface area (Å²) in [6, 6.07) is 0. The van der Waals surface area contributed by atoms with E-state index in [4.69, 9.17) is 9.47 Å². The predicted octanol–water partition coefficient (Wildman–Crippen LogP) is 0.833. The lowest BCUT2D eigenvalue weighted by Gasteiger charge is -2.33. The lowest BCUT2D eigenvalue weighted by Crippen LogP contribution is -2.45. The van der Waals surface area contributed by atoms with E-state index in [2.05, 4.69) is 6.58 Å². The number of hydrogen-bond donors (Lipinski definition) is 0. The molecule has 2 aliphatic carbocycles. The SMILES string of the molecule is C=C1C(=O)OC2(CCC3=C2C3)OC1=O. The zero-order valence-corrected chi connectivity index (χ0v) is 7.46. The van der Waals surface area contributed by atoms with Crippen LogP contribution >= 0.6 is 0 Å². The van der Waals surface area contributed by atoms with E-state index >= 15 is 0 Å². The largest absolute Gasteiger partial charge is 0.414 e. The molecule has 1 aliphatic heterocycles. The van der Waals surface area contributed by atoms with Crippen LogP contribution in [0, 0.1) is 0 Å². The third kappa shape index (κ3) is 0.780. The Hall–Kier alpha value is -1.58. The van der Waals surface area contributed by atoms with Gasteiger partial charge in [0, 0.05) is 12.0 Å². The highest BCUT2D eigenvalue weighted by atomic mass is 16.7. The maximum atomic E-state index is 11.3. The Morgan fingerprint density at radius 3 is 2.29 bits per heavy atom. The number of carbonyl (C=O) groups is 2. The van der Waals surface area contributed by atoms with Gasteiger partial charge in [-0.2, -0.15) is 0 Å². The van der Waals surface area contributed by atoms with Crippen LogP contribution in [0.2, 0.25) is 0 Å². The van der Waals surface area contributed by atoms with Gasteiger partial charge < -0.3 is 9.47 Å². The van der Waals surface area contributed by atoms with E-state index in [9.17, 15) is 9.59 Å². The molecule has 0 aromatic heterocycles. The molecule has 4 heteroatoms. The van der Waals surface area contributed by atoms with Gasteiger partial charge in [0.25, 0.3) is 5.79 Å². The van der Waals surface area contributed by atoms with Gasteiger partial charge in [-0.3, -0.25) is 0 Å². The second-order valence-electron chi connectivity index (χ2n) is 3.77. The fourth-order valence-corrected chi connectivity index (χ4v) is 2.03. The van der Waals surface area contributed by atoms with Crippen LogP contribution in [-0.2, 0) is 19.1 Å². The third-order valence-electron chi connectivity index (χ3n) is 2.92. The van der Waals surface area contributed by atoms with E-state index in [0.717, 1.165) is 18.4 Å².